The van der Waals surface area contributed by atoms with Gasteiger partial charge in [-0.05, 0) is 22.0 Å². The molecule has 0 aromatic carbocycles. The van der Waals surface area contributed by atoms with Crippen molar-refractivity contribution in [2.45, 2.75) is 4.90 Å². The molecular formula is C7H6BrNO2S. The number of methoxy groups -OCH3 is 1. The number of rotatable bonds is 1. The van der Waals surface area contributed by atoms with E-state index in [2.05, 4.69) is 38.3 Å². The van der Waals surface area contributed by atoms with Crippen LogP contribution in [0, 0.1) is 0 Å². The van der Waals surface area contributed by atoms with Crippen LogP contribution >= 0.6 is 28.6 Å². The lowest BCUT2D eigenvalue weighted by Gasteiger charge is -2.00. The summed E-state index contributed by atoms with van der Waals surface area (Å²) in [6.07, 6.45) is 1.49. The topological polar surface area (TPSA) is 39.2 Å². The Balaban J connectivity index is 3.09. The molecule has 12 heavy (non-hydrogen) atoms. The van der Waals surface area contributed by atoms with Crippen LogP contribution in [0.5, 0.6) is 0 Å². The highest BCUT2D eigenvalue weighted by atomic mass is 79.9. The van der Waals surface area contributed by atoms with E-state index in [4.69, 9.17) is 0 Å². The molecule has 3 nitrogen and oxygen atoms in total. The quantitative estimate of drug-likeness (QED) is 0.609. The molecule has 0 N–H and O–H groups in total. The molecule has 0 aliphatic heterocycles. The van der Waals surface area contributed by atoms with Gasteiger partial charge in [0.15, 0.2) is 5.69 Å². The van der Waals surface area contributed by atoms with E-state index in [0.717, 1.165) is 0 Å². The molecule has 0 fully saturated rings. The van der Waals surface area contributed by atoms with Crippen molar-refractivity contribution >= 4 is 34.5 Å². The van der Waals surface area contributed by atoms with E-state index >= 15 is 0 Å². The van der Waals surface area contributed by atoms with Crippen molar-refractivity contribution in [1.82, 2.24) is 4.98 Å². The van der Waals surface area contributed by atoms with Crippen LogP contribution in [-0.4, -0.2) is 18.1 Å². The number of carbonyl (C=O) groups excluding carboxylic acids is 1. The van der Waals surface area contributed by atoms with E-state index < -0.39 is 5.97 Å². The molecule has 1 aromatic heterocycles. The van der Waals surface area contributed by atoms with Gasteiger partial charge in [0.05, 0.1) is 11.6 Å². The van der Waals surface area contributed by atoms with Crippen molar-refractivity contribution < 1.29 is 9.53 Å². The standard InChI is InChI=1S/C7H6BrNO2S/c1-11-7(10)6-5(8)2-4(12)3-9-6/h2-3,12H,1H3. The maximum absolute atomic E-state index is 11.0. The molecule has 0 bridgehead atoms. The second kappa shape index (κ2) is 3.91. The number of hydrogen-bond acceptors (Lipinski definition) is 4. The maximum Gasteiger partial charge on any atom is 0.357 e. The molecule has 0 unspecified atom stereocenters. The van der Waals surface area contributed by atoms with Crippen molar-refractivity contribution in [2.75, 3.05) is 7.11 Å². The highest BCUT2D eigenvalue weighted by Gasteiger charge is 2.11. The molecule has 0 radical (unpaired) electrons. The van der Waals surface area contributed by atoms with Crippen LogP contribution in [0.15, 0.2) is 21.6 Å². The maximum atomic E-state index is 11.0. The van der Waals surface area contributed by atoms with Gasteiger partial charge < -0.3 is 4.74 Å². The Bertz CT molecular complexity index is 316. The number of hydrogen-bond donors (Lipinski definition) is 1. The zero-order chi connectivity index (χ0) is 9.14. The Morgan fingerprint density at radius 1 is 1.75 bits per heavy atom. The predicted molar refractivity (Wildman–Crippen MR) is 50.5 cm³/mol. The van der Waals surface area contributed by atoms with Gasteiger partial charge >= 0.3 is 5.97 Å². The van der Waals surface area contributed by atoms with Crippen LogP contribution in [0.3, 0.4) is 0 Å². The zero-order valence-electron chi connectivity index (χ0n) is 6.24. The normalized spacial score (nSPS) is 9.58. The fourth-order valence-corrected chi connectivity index (χ4v) is 1.55. The molecule has 1 rings (SSSR count). The van der Waals surface area contributed by atoms with Gasteiger partial charge in [-0.25, -0.2) is 9.78 Å². The largest absolute Gasteiger partial charge is 0.464 e. The first-order valence-electron chi connectivity index (χ1n) is 3.08. The van der Waals surface area contributed by atoms with Gasteiger partial charge in [0, 0.05) is 11.1 Å². The second-order valence-corrected chi connectivity index (χ2v) is 3.39. The van der Waals surface area contributed by atoms with E-state index in [1.165, 1.54) is 13.3 Å². The Morgan fingerprint density at radius 2 is 2.42 bits per heavy atom. The summed E-state index contributed by atoms with van der Waals surface area (Å²) in [6, 6.07) is 1.68. The third-order valence-corrected chi connectivity index (χ3v) is 2.05. The number of esters is 1. The van der Waals surface area contributed by atoms with Crippen LogP contribution < -0.4 is 0 Å². The van der Waals surface area contributed by atoms with E-state index in [-0.39, 0.29) is 5.69 Å². The van der Waals surface area contributed by atoms with Crippen molar-refractivity contribution in [3.63, 3.8) is 0 Å². The lowest BCUT2D eigenvalue weighted by atomic mass is 10.3. The first kappa shape index (κ1) is 9.54. The van der Waals surface area contributed by atoms with Gasteiger partial charge in [-0.1, -0.05) is 0 Å². The van der Waals surface area contributed by atoms with Crippen molar-refractivity contribution in [2.24, 2.45) is 0 Å². The van der Waals surface area contributed by atoms with Gasteiger partial charge in [0.2, 0.25) is 0 Å². The highest BCUT2D eigenvalue weighted by Crippen LogP contribution is 2.18. The number of carbonyl (C=O) groups is 1. The van der Waals surface area contributed by atoms with Gasteiger partial charge in [-0.2, -0.15) is 0 Å². The summed E-state index contributed by atoms with van der Waals surface area (Å²) in [5.74, 6) is -0.463. The number of thiol groups is 1. The summed E-state index contributed by atoms with van der Waals surface area (Å²) in [5.41, 5.74) is 0.260. The van der Waals surface area contributed by atoms with Crippen LogP contribution in [0.4, 0.5) is 0 Å². The smallest absolute Gasteiger partial charge is 0.357 e. The summed E-state index contributed by atoms with van der Waals surface area (Å²) in [7, 11) is 1.31. The molecule has 0 spiro atoms. The number of aromatic nitrogens is 1. The molecular weight excluding hydrogens is 242 g/mol. The molecule has 1 aromatic rings. The fraction of sp³-hybridized carbons (Fsp3) is 0.143. The Morgan fingerprint density at radius 3 is 2.92 bits per heavy atom. The van der Waals surface area contributed by atoms with Gasteiger partial charge in [0.25, 0.3) is 0 Å². The SMILES string of the molecule is COC(=O)c1ncc(S)cc1Br. The predicted octanol–water partition coefficient (Wildman–Crippen LogP) is 1.92. The second-order valence-electron chi connectivity index (χ2n) is 2.02. The van der Waals surface area contributed by atoms with Crippen molar-refractivity contribution in [3.05, 3.63) is 22.4 Å². The molecule has 0 atom stereocenters. The number of halogens is 1. The van der Waals surface area contributed by atoms with Crippen LogP contribution in [0.1, 0.15) is 10.5 Å². The van der Waals surface area contributed by atoms with Gasteiger partial charge in [-0.3, -0.25) is 0 Å². The van der Waals surface area contributed by atoms with Crippen LogP contribution in [-0.2, 0) is 4.74 Å². The molecule has 0 saturated carbocycles. The lowest BCUT2D eigenvalue weighted by molar-refractivity contribution is 0.0593. The molecule has 5 heteroatoms. The number of nitrogens with zero attached hydrogens (tertiary/aromatic N) is 1. The third-order valence-electron chi connectivity index (χ3n) is 1.21. The number of pyridine rings is 1. The van der Waals surface area contributed by atoms with Crippen molar-refractivity contribution in [1.29, 1.82) is 0 Å². The Labute approximate surface area is 83.7 Å². The average Bonchev–Trinajstić information content (AvgIpc) is 2.03. The van der Waals surface area contributed by atoms with Crippen molar-refractivity contribution in [3.8, 4) is 0 Å². The van der Waals surface area contributed by atoms with Gasteiger partial charge in [0.1, 0.15) is 0 Å². The van der Waals surface area contributed by atoms with E-state index in [1.807, 2.05) is 0 Å². The first-order valence-corrected chi connectivity index (χ1v) is 4.32. The van der Waals surface area contributed by atoms with E-state index in [9.17, 15) is 4.79 Å². The molecule has 1 heterocycles. The average molecular weight is 248 g/mol. The molecule has 0 aliphatic carbocycles. The highest BCUT2D eigenvalue weighted by molar-refractivity contribution is 9.10. The minimum absolute atomic E-state index is 0.260. The summed E-state index contributed by atoms with van der Waals surface area (Å²) in [5, 5.41) is 0. The summed E-state index contributed by atoms with van der Waals surface area (Å²) < 4.78 is 5.09. The van der Waals surface area contributed by atoms with Crippen LogP contribution in [0.2, 0.25) is 0 Å². The monoisotopic (exact) mass is 247 g/mol. The van der Waals surface area contributed by atoms with E-state index in [1.54, 1.807) is 6.07 Å². The minimum atomic E-state index is -0.463. The molecule has 0 aliphatic rings. The fourth-order valence-electron chi connectivity index (χ4n) is 0.675. The van der Waals surface area contributed by atoms with Gasteiger partial charge in [-0.15, -0.1) is 12.6 Å². The molecule has 64 valence electrons. The molecule has 0 amide bonds. The minimum Gasteiger partial charge on any atom is -0.464 e. The molecule has 0 saturated heterocycles. The zero-order valence-corrected chi connectivity index (χ0v) is 8.72. The van der Waals surface area contributed by atoms with E-state index in [0.29, 0.717) is 9.37 Å². The summed E-state index contributed by atoms with van der Waals surface area (Å²) >= 11 is 7.23. The Kier molecular flexibility index (Phi) is 3.11. The van der Waals surface area contributed by atoms with Crippen LogP contribution in [0.25, 0.3) is 0 Å². The Hall–Kier alpha value is -0.550. The third kappa shape index (κ3) is 1.98. The number of ether oxygens (including phenoxy) is 1. The lowest BCUT2D eigenvalue weighted by Crippen LogP contribution is -2.04. The first-order chi connectivity index (χ1) is 5.65. The summed E-state index contributed by atoms with van der Waals surface area (Å²) in [4.78, 5) is 15.5. The summed E-state index contributed by atoms with van der Waals surface area (Å²) in [6.45, 7) is 0.